The quantitative estimate of drug-likeness (QED) is 0.353. The van der Waals surface area contributed by atoms with E-state index in [1.807, 2.05) is 13.1 Å². The summed E-state index contributed by atoms with van der Waals surface area (Å²) in [5.74, 6) is -0.120. The van der Waals surface area contributed by atoms with Crippen molar-refractivity contribution in [1.29, 1.82) is 0 Å². The van der Waals surface area contributed by atoms with Crippen molar-refractivity contribution in [3.63, 3.8) is 0 Å². The van der Waals surface area contributed by atoms with Crippen molar-refractivity contribution in [3.8, 4) is 17.0 Å². The molecule has 0 bridgehead atoms. The lowest BCUT2D eigenvalue weighted by Crippen LogP contribution is -2.15. The van der Waals surface area contributed by atoms with Gasteiger partial charge in [0.15, 0.2) is 11.3 Å². The first-order valence-corrected chi connectivity index (χ1v) is 11.2. The molecular weight excluding hydrogens is 489 g/mol. The van der Waals surface area contributed by atoms with Crippen LogP contribution in [0, 0.1) is 0 Å². The Balaban J connectivity index is 1.45. The maximum Gasteiger partial charge on any atom is 0.433 e. The summed E-state index contributed by atoms with van der Waals surface area (Å²) in [5, 5.41) is 14.9. The summed E-state index contributed by atoms with van der Waals surface area (Å²) >= 11 is 0. The number of methoxy groups -OCH3 is 1. The third-order valence-corrected chi connectivity index (χ3v) is 5.64. The highest BCUT2D eigenvalue weighted by atomic mass is 19.4. The molecule has 0 spiro atoms. The van der Waals surface area contributed by atoms with Gasteiger partial charge in [0.2, 0.25) is 0 Å². The molecule has 0 radical (unpaired) electrons. The van der Waals surface area contributed by atoms with E-state index in [4.69, 9.17) is 4.74 Å². The number of aryl methyl sites for hydroxylation is 1. The van der Waals surface area contributed by atoms with Crippen molar-refractivity contribution >= 4 is 17.2 Å². The summed E-state index contributed by atoms with van der Waals surface area (Å²) < 4.78 is 50.7. The van der Waals surface area contributed by atoms with Crippen LogP contribution in [0.3, 0.4) is 0 Å². The highest BCUT2D eigenvalue weighted by molar-refractivity contribution is 6.08. The minimum absolute atomic E-state index is 0.0393. The van der Waals surface area contributed by atoms with Crippen LogP contribution in [0.5, 0.6) is 5.75 Å². The Morgan fingerprint density at radius 2 is 1.78 bits per heavy atom. The molecule has 0 unspecified atom stereocenters. The third-order valence-electron chi connectivity index (χ3n) is 5.64. The second-order valence-electron chi connectivity index (χ2n) is 8.13. The van der Waals surface area contributed by atoms with E-state index in [2.05, 4.69) is 25.6 Å². The molecule has 0 atom stereocenters. The van der Waals surface area contributed by atoms with Crippen LogP contribution in [0.1, 0.15) is 28.5 Å². The van der Waals surface area contributed by atoms with Crippen molar-refractivity contribution in [2.24, 2.45) is 0 Å². The monoisotopic (exact) mass is 510 g/mol. The predicted molar refractivity (Wildman–Crippen MR) is 127 cm³/mol. The smallest absolute Gasteiger partial charge is 0.433 e. The first kappa shape index (κ1) is 24.0. The van der Waals surface area contributed by atoms with Crippen molar-refractivity contribution in [1.82, 2.24) is 34.2 Å². The molecule has 0 saturated carbocycles. The molecule has 190 valence electrons. The van der Waals surface area contributed by atoms with Gasteiger partial charge in [0.25, 0.3) is 5.91 Å². The van der Waals surface area contributed by atoms with Gasteiger partial charge in [-0.05, 0) is 37.3 Å². The molecular formula is C24H21F3N8O2. The fraction of sp³-hybridized carbons (Fsp3) is 0.208. The van der Waals surface area contributed by atoms with E-state index in [0.29, 0.717) is 28.1 Å². The number of anilines is 1. The first-order chi connectivity index (χ1) is 17.7. The molecule has 0 aliphatic heterocycles. The van der Waals surface area contributed by atoms with E-state index >= 15 is 0 Å². The van der Waals surface area contributed by atoms with Gasteiger partial charge in [0, 0.05) is 30.1 Å². The number of carbonyl (C=O) groups is 1. The maximum atomic E-state index is 13.9. The minimum Gasteiger partial charge on any atom is -0.497 e. The lowest BCUT2D eigenvalue weighted by Gasteiger charge is -2.12. The van der Waals surface area contributed by atoms with Crippen LogP contribution in [0.25, 0.3) is 16.9 Å². The number of halogens is 3. The number of nitrogens with zero attached hydrogens (tertiary/aromatic N) is 7. The van der Waals surface area contributed by atoms with E-state index in [1.54, 1.807) is 46.0 Å². The largest absolute Gasteiger partial charge is 0.497 e. The second kappa shape index (κ2) is 9.41. The molecule has 10 nitrogen and oxygen atoms in total. The van der Waals surface area contributed by atoms with Crippen LogP contribution in [0.15, 0.2) is 61.3 Å². The van der Waals surface area contributed by atoms with Gasteiger partial charge in [-0.15, -0.1) is 0 Å². The van der Waals surface area contributed by atoms with Gasteiger partial charge < -0.3 is 10.1 Å². The number of aromatic nitrogens is 7. The van der Waals surface area contributed by atoms with Crippen molar-refractivity contribution in [2.75, 3.05) is 12.4 Å². The number of amides is 1. The average molecular weight is 510 g/mol. The fourth-order valence-corrected chi connectivity index (χ4v) is 3.80. The van der Waals surface area contributed by atoms with Crippen LogP contribution in [0.2, 0.25) is 0 Å². The number of hydrogen-bond donors (Lipinski definition) is 1. The average Bonchev–Trinajstić information content (AvgIpc) is 3.63. The van der Waals surface area contributed by atoms with Gasteiger partial charge in [-0.1, -0.05) is 0 Å². The van der Waals surface area contributed by atoms with E-state index in [0.717, 1.165) is 24.4 Å². The molecule has 0 fully saturated rings. The minimum atomic E-state index is -4.73. The van der Waals surface area contributed by atoms with Crippen molar-refractivity contribution in [2.45, 2.75) is 26.2 Å². The molecule has 0 aliphatic rings. The zero-order valence-electron chi connectivity index (χ0n) is 19.8. The van der Waals surface area contributed by atoms with Crippen molar-refractivity contribution < 1.29 is 22.7 Å². The summed E-state index contributed by atoms with van der Waals surface area (Å²) in [6.45, 7) is 3.16. The lowest BCUT2D eigenvalue weighted by atomic mass is 10.1. The van der Waals surface area contributed by atoms with Crippen LogP contribution < -0.4 is 10.1 Å². The van der Waals surface area contributed by atoms with Crippen molar-refractivity contribution in [3.05, 3.63) is 78.1 Å². The Morgan fingerprint density at radius 3 is 2.46 bits per heavy atom. The number of alkyl halides is 3. The number of fused-ring (bicyclic) bond motifs is 1. The zero-order chi connectivity index (χ0) is 26.2. The van der Waals surface area contributed by atoms with Gasteiger partial charge in [0.05, 0.1) is 43.6 Å². The highest BCUT2D eigenvalue weighted by Gasteiger charge is 2.36. The Kier molecular flexibility index (Phi) is 6.11. The van der Waals surface area contributed by atoms with Gasteiger partial charge >= 0.3 is 6.18 Å². The van der Waals surface area contributed by atoms with E-state index < -0.39 is 17.8 Å². The van der Waals surface area contributed by atoms with Crippen LogP contribution in [-0.4, -0.2) is 47.2 Å². The Morgan fingerprint density at radius 1 is 1.03 bits per heavy atom. The number of benzene rings is 1. The molecule has 1 N–H and O–H groups in total. The molecule has 5 aromatic rings. The summed E-state index contributed by atoms with van der Waals surface area (Å²) in [5.41, 5.74) is 0.375. The van der Waals surface area contributed by atoms with Crippen LogP contribution >= 0.6 is 0 Å². The summed E-state index contributed by atoms with van der Waals surface area (Å²) in [6.07, 6.45) is 3.02. The molecule has 1 aromatic carbocycles. The number of nitrogens with one attached hydrogen (secondary N) is 1. The zero-order valence-corrected chi connectivity index (χ0v) is 19.8. The Bertz CT molecular complexity index is 1570. The second-order valence-corrected chi connectivity index (χ2v) is 8.13. The Hall–Kier alpha value is -4.68. The van der Waals surface area contributed by atoms with E-state index in [9.17, 15) is 18.0 Å². The molecule has 5 rings (SSSR count). The summed E-state index contributed by atoms with van der Waals surface area (Å²) in [6, 6.07) is 7.31. The van der Waals surface area contributed by atoms with Gasteiger partial charge in [-0.25, -0.2) is 9.50 Å². The molecule has 0 aliphatic carbocycles. The number of carbonyl (C=O) groups excluding carboxylic acids is 1. The molecule has 4 heterocycles. The first-order valence-electron chi connectivity index (χ1n) is 11.2. The predicted octanol–water partition coefficient (Wildman–Crippen LogP) is 4.14. The number of hydrogen-bond acceptors (Lipinski definition) is 6. The topological polar surface area (TPSA) is 104 Å². The maximum absolute atomic E-state index is 13.9. The molecule has 1 amide bonds. The van der Waals surface area contributed by atoms with Crippen LogP contribution in [0.4, 0.5) is 18.9 Å². The third kappa shape index (κ3) is 4.87. The Labute approximate surface area is 208 Å². The molecule has 13 heteroatoms. The van der Waals surface area contributed by atoms with E-state index in [-0.39, 0.29) is 16.9 Å². The van der Waals surface area contributed by atoms with Gasteiger partial charge in [-0.2, -0.15) is 28.5 Å². The fourth-order valence-electron chi connectivity index (χ4n) is 3.80. The normalized spacial score (nSPS) is 11.7. The molecule has 0 saturated heterocycles. The standard InChI is InChI=1S/C24H21F3N8O2/c1-3-33-12-15(9-28-33)13-34-14-17(10-29-34)31-23(36)19-11-30-35-21(24(25,26)27)8-20(32-22(19)35)16-4-6-18(37-2)7-5-16/h4-12,14H,3,13H2,1-2H3,(H,31,36). The van der Waals surface area contributed by atoms with Gasteiger partial charge in [0.1, 0.15) is 11.3 Å². The summed E-state index contributed by atoms with van der Waals surface area (Å²) in [4.78, 5) is 17.4. The van der Waals surface area contributed by atoms with Gasteiger partial charge in [-0.3, -0.25) is 14.2 Å². The summed E-state index contributed by atoms with van der Waals surface area (Å²) in [7, 11) is 1.49. The lowest BCUT2D eigenvalue weighted by molar-refractivity contribution is -0.142. The van der Waals surface area contributed by atoms with Crippen LogP contribution in [-0.2, 0) is 19.3 Å². The number of ether oxygens (including phenoxy) is 1. The van der Waals surface area contributed by atoms with E-state index in [1.165, 1.54) is 13.3 Å². The highest BCUT2D eigenvalue weighted by Crippen LogP contribution is 2.33. The number of rotatable bonds is 7. The molecule has 37 heavy (non-hydrogen) atoms. The molecule has 4 aromatic heterocycles. The SMILES string of the molecule is CCn1cc(Cn2cc(NC(=O)c3cnn4c(C(F)(F)F)cc(-c5ccc(OC)cc5)nc34)cn2)cn1.